The summed E-state index contributed by atoms with van der Waals surface area (Å²) < 4.78 is 11.5. The van der Waals surface area contributed by atoms with Gasteiger partial charge in [-0.1, -0.05) is 17.7 Å². The van der Waals surface area contributed by atoms with Crippen molar-refractivity contribution >= 4 is 11.6 Å². The predicted molar refractivity (Wildman–Crippen MR) is 80.4 cm³/mol. The molecule has 0 spiro atoms. The Hall–Kier alpha value is -0.770. The highest BCUT2D eigenvalue weighted by molar-refractivity contribution is 6.32. The van der Waals surface area contributed by atoms with Crippen molar-refractivity contribution in [1.82, 2.24) is 5.32 Å². The maximum atomic E-state index is 6.28. The molecular weight excluding hydrogens is 274 g/mol. The fourth-order valence-corrected chi connectivity index (χ4v) is 2.77. The molecule has 20 heavy (non-hydrogen) atoms. The van der Waals surface area contributed by atoms with Crippen LogP contribution in [0.15, 0.2) is 18.2 Å². The summed E-state index contributed by atoms with van der Waals surface area (Å²) in [4.78, 5) is 0. The quantitative estimate of drug-likeness (QED) is 0.871. The third-order valence-corrected chi connectivity index (χ3v) is 4.21. The van der Waals surface area contributed by atoms with Gasteiger partial charge in [0.2, 0.25) is 0 Å². The summed E-state index contributed by atoms with van der Waals surface area (Å²) >= 11 is 6.28. The fraction of sp³-hybridized carbons (Fsp3) is 0.625. The van der Waals surface area contributed by atoms with E-state index in [1.807, 2.05) is 12.1 Å². The lowest BCUT2D eigenvalue weighted by atomic mass is 10.2. The summed E-state index contributed by atoms with van der Waals surface area (Å²) in [7, 11) is 0. The largest absolute Gasteiger partial charge is 0.489 e. The minimum atomic E-state index is 0.206. The van der Waals surface area contributed by atoms with E-state index >= 15 is 0 Å². The second-order valence-electron chi connectivity index (χ2n) is 5.88. The highest BCUT2D eigenvalue weighted by Crippen LogP contribution is 2.28. The summed E-state index contributed by atoms with van der Waals surface area (Å²) in [5, 5.41) is 4.17. The van der Waals surface area contributed by atoms with Gasteiger partial charge >= 0.3 is 0 Å². The topological polar surface area (TPSA) is 30.5 Å². The molecule has 1 N–H and O–H groups in total. The summed E-state index contributed by atoms with van der Waals surface area (Å²) in [6.07, 6.45) is 5.35. The second kappa shape index (κ2) is 6.33. The number of hydrogen-bond acceptors (Lipinski definition) is 3. The van der Waals surface area contributed by atoms with Crippen LogP contribution < -0.4 is 10.1 Å². The summed E-state index contributed by atoms with van der Waals surface area (Å²) in [5.74, 6) is 0.755. The van der Waals surface area contributed by atoms with E-state index < -0.39 is 0 Å². The van der Waals surface area contributed by atoms with Crippen LogP contribution in [0.3, 0.4) is 0 Å². The van der Waals surface area contributed by atoms with Gasteiger partial charge in [-0.05, 0) is 50.3 Å². The SMILES string of the molecule is CC1CCC(COc2ccc(CNC3CC3)cc2Cl)O1. The van der Waals surface area contributed by atoms with Crippen molar-refractivity contribution in [3.63, 3.8) is 0 Å². The van der Waals surface area contributed by atoms with Crippen LogP contribution in [0.4, 0.5) is 0 Å². The molecule has 2 atom stereocenters. The molecule has 1 aliphatic carbocycles. The first-order chi connectivity index (χ1) is 9.70. The van der Waals surface area contributed by atoms with E-state index in [4.69, 9.17) is 21.1 Å². The standard InChI is InChI=1S/C16H22ClNO2/c1-11-2-6-14(20-11)10-19-16-7-3-12(8-15(16)17)9-18-13-4-5-13/h3,7-8,11,13-14,18H,2,4-6,9-10H2,1H3. The van der Waals surface area contributed by atoms with Crippen LogP contribution in [-0.2, 0) is 11.3 Å². The van der Waals surface area contributed by atoms with Crippen LogP contribution in [-0.4, -0.2) is 24.9 Å². The van der Waals surface area contributed by atoms with Crippen molar-refractivity contribution in [3.05, 3.63) is 28.8 Å². The lowest BCUT2D eigenvalue weighted by Gasteiger charge is -2.14. The second-order valence-corrected chi connectivity index (χ2v) is 6.28. The summed E-state index contributed by atoms with van der Waals surface area (Å²) in [5.41, 5.74) is 1.21. The van der Waals surface area contributed by atoms with E-state index in [9.17, 15) is 0 Å². The Morgan fingerprint density at radius 2 is 2.15 bits per heavy atom. The number of halogens is 1. The molecule has 1 heterocycles. The molecule has 0 aromatic heterocycles. The third-order valence-electron chi connectivity index (χ3n) is 3.91. The Bertz CT molecular complexity index is 462. The van der Waals surface area contributed by atoms with E-state index in [0.29, 0.717) is 23.8 Å². The fourth-order valence-electron chi connectivity index (χ4n) is 2.51. The molecule has 4 heteroatoms. The lowest BCUT2D eigenvalue weighted by Crippen LogP contribution is -2.18. The smallest absolute Gasteiger partial charge is 0.138 e. The van der Waals surface area contributed by atoms with E-state index in [-0.39, 0.29) is 6.10 Å². The molecule has 0 radical (unpaired) electrons. The first kappa shape index (κ1) is 14.2. The Labute approximate surface area is 125 Å². The molecule has 1 saturated carbocycles. The summed E-state index contributed by atoms with van der Waals surface area (Å²) in [6, 6.07) is 6.75. The van der Waals surface area contributed by atoms with Crippen LogP contribution in [0.25, 0.3) is 0 Å². The Morgan fingerprint density at radius 3 is 2.80 bits per heavy atom. The van der Waals surface area contributed by atoms with Crippen molar-refractivity contribution in [1.29, 1.82) is 0 Å². The third kappa shape index (κ3) is 3.87. The van der Waals surface area contributed by atoms with E-state index in [1.165, 1.54) is 18.4 Å². The maximum Gasteiger partial charge on any atom is 0.138 e. The van der Waals surface area contributed by atoms with Gasteiger partial charge in [0.25, 0.3) is 0 Å². The molecule has 1 aliphatic heterocycles. The van der Waals surface area contributed by atoms with Gasteiger partial charge in [-0.25, -0.2) is 0 Å². The Balaban J connectivity index is 1.50. The van der Waals surface area contributed by atoms with Gasteiger partial charge in [-0.15, -0.1) is 0 Å². The Kier molecular flexibility index (Phi) is 4.49. The van der Waals surface area contributed by atoms with Gasteiger partial charge < -0.3 is 14.8 Å². The minimum absolute atomic E-state index is 0.206. The van der Waals surface area contributed by atoms with E-state index in [2.05, 4.69) is 18.3 Å². The molecule has 2 aliphatic rings. The highest BCUT2D eigenvalue weighted by atomic mass is 35.5. The van der Waals surface area contributed by atoms with Crippen LogP contribution in [0.5, 0.6) is 5.75 Å². The van der Waals surface area contributed by atoms with Crippen LogP contribution in [0.2, 0.25) is 5.02 Å². The Morgan fingerprint density at radius 1 is 1.30 bits per heavy atom. The van der Waals surface area contributed by atoms with Gasteiger partial charge in [0, 0.05) is 12.6 Å². The van der Waals surface area contributed by atoms with Crippen molar-refractivity contribution in [2.75, 3.05) is 6.61 Å². The molecule has 2 unspecified atom stereocenters. The van der Waals surface area contributed by atoms with Crippen molar-refractivity contribution in [2.45, 2.75) is 57.4 Å². The average Bonchev–Trinajstić information content (AvgIpc) is 3.17. The van der Waals surface area contributed by atoms with Crippen LogP contribution in [0, 0.1) is 0 Å². The first-order valence-electron chi connectivity index (χ1n) is 7.51. The number of ether oxygens (including phenoxy) is 2. The van der Waals surface area contributed by atoms with Gasteiger partial charge in [-0.2, -0.15) is 0 Å². The molecule has 1 aromatic carbocycles. The maximum absolute atomic E-state index is 6.28. The molecule has 3 rings (SSSR count). The normalized spacial score (nSPS) is 25.9. The van der Waals surface area contributed by atoms with Gasteiger partial charge in [-0.3, -0.25) is 0 Å². The van der Waals surface area contributed by atoms with Crippen molar-refractivity contribution in [3.8, 4) is 5.75 Å². The van der Waals surface area contributed by atoms with Gasteiger partial charge in [0.05, 0.1) is 17.2 Å². The molecule has 0 bridgehead atoms. The van der Waals surface area contributed by atoms with Crippen LogP contribution in [0.1, 0.15) is 38.2 Å². The average molecular weight is 296 g/mol. The highest BCUT2D eigenvalue weighted by Gasteiger charge is 2.22. The van der Waals surface area contributed by atoms with Crippen LogP contribution >= 0.6 is 11.6 Å². The van der Waals surface area contributed by atoms with Gasteiger partial charge in [0.15, 0.2) is 0 Å². The molecule has 0 amide bonds. The molecule has 1 saturated heterocycles. The zero-order valence-corrected chi connectivity index (χ0v) is 12.7. The summed E-state index contributed by atoms with van der Waals surface area (Å²) in [6.45, 7) is 3.58. The van der Waals surface area contributed by atoms with E-state index in [0.717, 1.165) is 25.1 Å². The monoisotopic (exact) mass is 295 g/mol. The zero-order valence-electron chi connectivity index (χ0n) is 11.9. The number of hydrogen-bond donors (Lipinski definition) is 1. The number of benzene rings is 1. The molecule has 110 valence electrons. The molecule has 2 fully saturated rings. The number of rotatable bonds is 6. The van der Waals surface area contributed by atoms with Gasteiger partial charge in [0.1, 0.15) is 12.4 Å². The predicted octanol–water partition coefficient (Wildman–Crippen LogP) is 3.54. The minimum Gasteiger partial charge on any atom is -0.489 e. The molecular formula is C16H22ClNO2. The van der Waals surface area contributed by atoms with E-state index in [1.54, 1.807) is 0 Å². The molecule has 1 aromatic rings. The lowest BCUT2D eigenvalue weighted by molar-refractivity contribution is 0.0265. The number of nitrogens with one attached hydrogen (secondary N) is 1. The zero-order chi connectivity index (χ0) is 13.9. The first-order valence-corrected chi connectivity index (χ1v) is 7.88. The molecule has 3 nitrogen and oxygen atoms in total. The van der Waals surface area contributed by atoms with Crippen molar-refractivity contribution < 1.29 is 9.47 Å². The van der Waals surface area contributed by atoms with Crippen molar-refractivity contribution in [2.24, 2.45) is 0 Å².